The van der Waals surface area contributed by atoms with Crippen molar-refractivity contribution in [2.75, 3.05) is 25.4 Å². The predicted octanol–water partition coefficient (Wildman–Crippen LogP) is 0.496. The normalized spacial score (nSPS) is 20.5. The van der Waals surface area contributed by atoms with E-state index in [1.807, 2.05) is 0 Å². The summed E-state index contributed by atoms with van der Waals surface area (Å²) in [7, 11) is 0. The number of halogens is 2. The van der Waals surface area contributed by atoms with Crippen LogP contribution >= 0.6 is 0 Å². The van der Waals surface area contributed by atoms with Gasteiger partial charge in [-0.25, -0.2) is 8.78 Å². The summed E-state index contributed by atoms with van der Waals surface area (Å²) < 4.78 is 26.4. The largest absolute Gasteiger partial charge is 0.394 e. The van der Waals surface area contributed by atoms with Crippen molar-refractivity contribution in [1.29, 1.82) is 0 Å². The molecule has 2 aliphatic rings. The number of aromatic nitrogens is 1. The highest BCUT2D eigenvalue weighted by Gasteiger charge is 2.46. The molecule has 2 aliphatic heterocycles. The SMILES string of the molecule is Cc1cc(N)c(=O)n2c1C(=O)NC21CCN(CC(F)F)CC1. The van der Waals surface area contributed by atoms with Crippen LogP contribution in [-0.2, 0) is 5.66 Å². The number of hydrogen-bond acceptors (Lipinski definition) is 4. The van der Waals surface area contributed by atoms with Gasteiger partial charge in [-0.1, -0.05) is 0 Å². The Morgan fingerprint density at radius 3 is 2.59 bits per heavy atom. The molecule has 3 N–H and O–H groups in total. The molecular formula is C14H18F2N4O2. The molecule has 1 aromatic heterocycles. The molecule has 1 aromatic rings. The summed E-state index contributed by atoms with van der Waals surface area (Å²) >= 11 is 0. The molecule has 0 atom stereocenters. The lowest BCUT2D eigenvalue weighted by molar-refractivity contribution is 0.0391. The number of carbonyl (C=O) groups is 1. The van der Waals surface area contributed by atoms with Crippen molar-refractivity contribution in [1.82, 2.24) is 14.8 Å². The number of pyridine rings is 1. The number of likely N-dealkylation sites (tertiary alicyclic amines) is 1. The van der Waals surface area contributed by atoms with Crippen molar-refractivity contribution in [2.45, 2.75) is 31.9 Å². The highest BCUT2D eigenvalue weighted by molar-refractivity contribution is 5.96. The zero-order valence-corrected chi connectivity index (χ0v) is 12.2. The van der Waals surface area contributed by atoms with Crippen molar-refractivity contribution in [3.63, 3.8) is 0 Å². The lowest BCUT2D eigenvalue weighted by atomic mass is 9.96. The lowest BCUT2D eigenvalue weighted by Gasteiger charge is -2.40. The minimum absolute atomic E-state index is 0.0899. The summed E-state index contributed by atoms with van der Waals surface area (Å²) in [6.45, 7) is 2.22. The van der Waals surface area contributed by atoms with Crippen LogP contribution in [0.1, 0.15) is 28.9 Å². The maximum absolute atomic E-state index is 12.5. The van der Waals surface area contributed by atoms with Crippen LogP contribution in [-0.4, -0.2) is 41.4 Å². The Morgan fingerprint density at radius 2 is 2.00 bits per heavy atom. The summed E-state index contributed by atoms with van der Waals surface area (Å²) in [6, 6.07) is 1.50. The van der Waals surface area contributed by atoms with Gasteiger partial charge >= 0.3 is 0 Å². The van der Waals surface area contributed by atoms with E-state index >= 15 is 0 Å². The molecule has 3 heterocycles. The molecule has 0 aliphatic carbocycles. The first kappa shape index (κ1) is 15.0. The van der Waals surface area contributed by atoms with E-state index in [0.717, 1.165) is 0 Å². The van der Waals surface area contributed by atoms with Crippen LogP contribution in [0.2, 0.25) is 0 Å². The van der Waals surface area contributed by atoms with Gasteiger partial charge in [0, 0.05) is 25.9 Å². The van der Waals surface area contributed by atoms with Gasteiger partial charge in [0.25, 0.3) is 17.9 Å². The lowest BCUT2D eigenvalue weighted by Crippen LogP contribution is -2.55. The van der Waals surface area contributed by atoms with E-state index in [4.69, 9.17) is 5.73 Å². The molecule has 1 fully saturated rings. The average molecular weight is 312 g/mol. The van der Waals surface area contributed by atoms with Crippen LogP contribution in [0.3, 0.4) is 0 Å². The monoisotopic (exact) mass is 312 g/mol. The number of carbonyl (C=O) groups excluding carboxylic acids is 1. The molecule has 3 rings (SSSR count). The van der Waals surface area contributed by atoms with Crippen molar-refractivity contribution in [2.24, 2.45) is 0 Å². The number of hydrogen-bond donors (Lipinski definition) is 2. The summed E-state index contributed by atoms with van der Waals surface area (Å²) in [6.07, 6.45) is -1.58. The molecule has 0 unspecified atom stereocenters. The molecule has 0 bridgehead atoms. The summed E-state index contributed by atoms with van der Waals surface area (Å²) in [4.78, 5) is 26.3. The number of nitrogen functional groups attached to an aromatic ring is 1. The fraction of sp³-hybridized carbons (Fsp3) is 0.571. The highest BCUT2D eigenvalue weighted by atomic mass is 19.3. The van der Waals surface area contributed by atoms with E-state index in [1.54, 1.807) is 11.8 Å². The van der Waals surface area contributed by atoms with Crippen LogP contribution < -0.4 is 16.6 Å². The Labute approximate surface area is 125 Å². The second-order valence-corrected chi connectivity index (χ2v) is 5.95. The van der Waals surface area contributed by atoms with Gasteiger partial charge in [0.15, 0.2) is 0 Å². The number of amides is 1. The molecule has 0 saturated carbocycles. The van der Waals surface area contributed by atoms with Crippen LogP contribution in [0.15, 0.2) is 10.9 Å². The first-order valence-electron chi connectivity index (χ1n) is 7.20. The first-order valence-corrected chi connectivity index (χ1v) is 7.20. The Balaban J connectivity index is 1.97. The second-order valence-electron chi connectivity index (χ2n) is 5.95. The fourth-order valence-corrected chi connectivity index (χ4v) is 3.44. The number of rotatable bonds is 2. The number of aryl methyl sites for hydroxylation is 1. The standard InChI is InChI=1S/C14H18F2N4O2/c1-8-6-9(17)13(22)20-11(8)12(21)18-14(20)2-4-19(5-3-14)7-10(15)16/h6,10H,2-5,7,17H2,1H3,(H,18,21). The van der Waals surface area contributed by atoms with Crippen molar-refractivity contribution in [3.05, 3.63) is 27.7 Å². The van der Waals surface area contributed by atoms with Crippen molar-refractivity contribution < 1.29 is 13.6 Å². The van der Waals surface area contributed by atoms with E-state index in [9.17, 15) is 18.4 Å². The molecule has 6 nitrogen and oxygen atoms in total. The van der Waals surface area contributed by atoms with Gasteiger partial charge in [0.2, 0.25) is 0 Å². The molecular weight excluding hydrogens is 294 g/mol. The molecule has 1 saturated heterocycles. The zero-order chi connectivity index (χ0) is 16.1. The Kier molecular flexibility index (Phi) is 3.43. The van der Waals surface area contributed by atoms with Gasteiger partial charge in [-0.2, -0.15) is 0 Å². The molecule has 22 heavy (non-hydrogen) atoms. The van der Waals surface area contributed by atoms with Gasteiger partial charge in [0.05, 0.1) is 12.2 Å². The number of nitrogens with zero attached hydrogens (tertiary/aromatic N) is 2. The molecule has 8 heteroatoms. The van der Waals surface area contributed by atoms with Gasteiger partial charge in [-0.3, -0.25) is 19.1 Å². The maximum atomic E-state index is 12.5. The summed E-state index contributed by atoms with van der Waals surface area (Å²) in [5.74, 6) is -0.308. The van der Waals surface area contributed by atoms with Crippen molar-refractivity contribution in [3.8, 4) is 0 Å². The van der Waals surface area contributed by atoms with E-state index in [2.05, 4.69) is 5.32 Å². The number of piperidine rings is 1. The van der Waals surface area contributed by atoms with E-state index in [0.29, 0.717) is 37.2 Å². The van der Waals surface area contributed by atoms with Gasteiger partial charge in [-0.05, 0) is 18.6 Å². The van der Waals surface area contributed by atoms with Crippen LogP contribution in [0.5, 0.6) is 0 Å². The number of fused-ring (bicyclic) bond motifs is 2. The van der Waals surface area contributed by atoms with Crippen molar-refractivity contribution >= 4 is 11.6 Å². The van der Waals surface area contributed by atoms with Gasteiger partial charge in [-0.15, -0.1) is 0 Å². The Hall–Kier alpha value is -1.96. The van der Waals surface area contributed by atoms with Gasteiger partial charge in [0.1, 0.15) is 11.4 Å². The first-order chi connectivity index (χ1) is 10.3. The maximum Gasteiger partial charge on any atom is 0.276 e. The molecule has 0 radical (unpaired) electrons. The molecule has 120 valence electrons. The van der Waals surface area contributed by atoms with E-state index in [-0.39, 0.29) is 18.1 Å². The smallest absolute Gasteiger partial charge is 0.276 e. The third-order valence-electron chi connectivity index (χ3n) is 4.49. The topological polar surface area (TPSA) is 80.4 Å². The van der Waals surface area contributed by atoms with Gasteiger partial charge < -0.3 is 11.1 Å². The average Bonchev–Trinajstić information content (AvgIpc) is 2.72. The zero-order valence-electron chi connectivity index (χ0n) is 12.2. The predicted molar refractivity (Wildman–Crippen MR) is 77.0 cm³/mol. The number of nitrogens with one attached hydrogen (secondary N) is 1. The van der Waals surface area contributed by atoms with Crippen LogP contribution in [0.25, 0.3) is 0 Å². The number of alkyl halides is 2. The van der Waals surface area contributed by atoms with Crippen LogP contribution in [0.4, 0.5) is 14.5 Å². The quantitative estimate of drug-likeness (QED) is 0.833. The Morgan fingerprint density at radius 1 is 1.36 bits per heavy atom. The Bertz CT molecular complexity index is 678. The third-order valence-corrected chi connectivity index (χ3v) is 4.49. The molecule has 0 aromatic carbocycles. The van der Waals surface area contributed by atoms with E-state index < -0.39 is 17.6 Å². The van der Waals surface area contributed by atoms with Crippen LogP contribution in [0, 0.1) is 6.92 Å². The minimum atomic E-state index is -2.39. The number of nitrogens with two attached hydrogens (primary N) is 1. The highest BCUT2D eigenvalue weighted by Crippen LogP contribution is 2.33. The fourth-order valence-electron chi connectivity index (χ4n) is 3.44. The molecule has 1 amide bonds. The minimum Gasteiger partial charge on any atom is -0.394 e. The summed E-state index contributed by atoms with van der Waals surface area (Å²) in [5.41, 5.74) is 5.54. The van der Waals surface area contributed by atoms with E-state index in [1.165, 1.54) is 10.6 Å². The number of anilines is 1. The second kappa shape index (κ2) is 5.05. The molecule has 1 spiro atoms. The summed E-state index contributed by atoms with van der Waals surface area (Å²) in [5, 5.41) is 2.87. The third kappa shape index (κ3) is 2.18.